The van der Waals surface area contributed by atoms with E-state index in [4.69, 9.17) is 0 Å². The van der Waals surface area contributed by atoms with Gasteiger partial charge in [0.25, 0.3) is 0 Å². The number of H-pyrrole nitrogens is 1. The van der Waals surface area contributed by atoms with Gasteiger partial charge in [-0.05, 0) is 34.7 Å². The van der Waals surface area contributed by atoms with Crippen LogP contribution in [0.15, 0.2) is 58.3 Å². The summed E-state index contributed by atoms with van der Waals surface area (Å²) in [6, 6.07) is 11.9. The van der Waals surface area contributed by atoms with E-state index in [0.717, 1.165) is 33.6 Å². The van der Waals surface area contributed by atoms with Crippen molar-refractivity contribution < 1.29 is 4.92 Å². The van der Waals surface area contributed by atoms with Gasteiger partial charge in [-0.1, -0.05) is 30.3 Å². The summed E-state index contributed by atoms with van der Waals surface area (Å²) in [5.41, 5.74) is 2.71. The number of rotatable bonds is 4. The van der Waals surface area contributed by atoms with Gasteiger partial charge in [-0.3, -0.25) is 10.1 Å². The van der Waals surface area contributed by atoms with Crippen LogP contribution in [0.1, 0.15) is 0 Å². The Morgan fingerprint density at radius 1 is 1.17 bits per heavy atom. The Kier molecular flexibility index (Phi) is 3.71. The lowest BCUT2D eigenvalue weighted by Gasteiger charge is -1.97. The number of benzene rings is 1. The average molecular weight is 355 g/mol. The van der Waals surface area contributed by atoms with E-state index >= 15 is 0 Å². The van der Waals surface area contributed by atoms with Crippen molar-refractivity contribution in [3.8, 4) is 11.3 Å². The van der Waals surface area contributed by atoms with E-state index in [2.05, 4.69) is 19.9 Å². The van der Waals surface area contributed by atoms with E-state index in [-0.39, 0.29) is 5.00 Å². The molecule has 0 radical (unpaired) electrons. The largest absolute Gasteiger partial charge is 0.344 e. The Hall–Kier alpha value is -2.78. The molecule has 0 aliphatic heterocycles. The highest BCUT2D eigenvalue weighted by molar-refractivity contribution is 8.01. The highest BCUT2D eigenvalue weighted by Gasteiger charge is 2.15. The molecule has 7 nitrogen and oxygen atoms in total. The summed E-state index contributed by atoms with van der Waals surface area (Å²) in [6.07, 6.45) is 2.73. The van der Waals surface area contributed by atoms with Crippen LogP contribution in [0.25, 0.3) is 22.3 Å². The Balaban J connectivity index is 1.73. The number of nitrogens with zero attached hydrogens (tertiary/aromatic N) is 4. The fraction of sp³-hybridized carbons (Fsp3) is 0. The predicted octanol–water partition coefficient (Wildman–Crippen LogP) is 4.14. The lowest BCUT2D eigenvalue weighted by Crippen LogP contribution is -1.84. The zero-order valence-electron chi connectivity index (χ0n) is 12.0. The maximum atomic E-state index is 10.8. The van der Waals surface area contributed by atoms with Crippen LogP contribution >= 0.6 is 23.1 Å². The van der Waals surface area contributed by atoms with Crippen LogP contribution in [-0.2, 0) is 0 Å². The van der Waals surface area contributed by atoms with Crippen LogP contribution in [0.2, 0.25) is 0 Å². The quantitative estimate of drug-likeness (QED) is 0.336. The molecular weight excluding hydrogens is 346 g/mol. The first-order valence-electron chi connectivity index (χ1n) is 6.88. The van der Waals surface area contributed by atoms with Crippen LogP contribution in [0, 0.1) is 10.1 Å². The summed E-state index contributed by atoms with van der Waals surface area (Å²) >= 11 is 2.33. The molecule has 0 bridgehead atoms. The standard InChI is InChI=1S/C15H9N5O2S2/c21-20(22)12-7-16-15(23-12)24-14-10-6-11(9-4-2-1-3-5-9)19-13(10)17-8-18-14/h1-8H,(H,17,18,19). The molecule has 0 saturated heterocycles. The topological polar surface area (TPSA) is 97.6 Å². The molecule has 0 aliphatic carbocycles. The number of aromatic amines is 1. The molecular formula is C15H9N5O2S2. The number of hydrogen-bond acceptors (Lipinski definition) is 7. The van der Waals surface area contributed by atoms with Gasteiger partial charge in [0.05, 0.1) is 10.3 Å². The molecule has 0 atom stereocenters. The monoisotopic (exact) mass is 355 g/mol. The summed E-state index contributed by atoms with van der Waals surface area (Å²) in [5, 5.41) is 12.4. The summed E-state index contributed by atoms with van der Waals surface area (Å²) in [4.78, 5) is 26.2. The summed E-state index contributed by atoms with van der Waals surface area (Å²) in [5.74, 6) is 0. The van der Waals surface area contributed by atoms with Gasteiger partial charge in [0.15, 0.2) is 4.34 Å². The van der Waals surface area contributed by atoms with Crippen molar-refractivity contribution >= 4 is 39.1 Å². The van der Waals surface area contributed by atoms with Gasteiger partial charge in [-0.15, -0.1) is 0 Å². The maximum absolute atomic E-state index is 10.8. The lowest BCUT2D eigenvalue weighted by atomic mass is 10.1. The summed E-state index contributed by atoms with van der Waals surface area (Å²) in [6.45, 7) is 0. The van der Waals surface area contributed by atoms with Crippen molar-refractivity contribution in [2.24, 2.45) is 0 Å². The molecule has 24 heavy (non-hydrogen) atoms. The third-order valence-electron chi connectivity index (χ3n) is 3.31. The van der Waals surface area contributed by atoms with E-state index in [1.54, 1.807) is 0 Å². The fourth-order valence-electron chi connectivity index (χ4n) is 2.24. The minimum atomic E-state index is -0.443. The van der Waals surface area contributed by atoms with Gasteiger partial charge in [-0.25, -0.2) is 15.0 Å². The Bertz CT molecular complexity index is 1030. The molecule has 3 heterocycles. The van der Waals surface area contributed by atoms with Crippen molar-refractivity contribution in [1.29, 1.82) is 0 Å². The van der Waals surface area contributed by atoms with Crippen molar-refractivity contribution in [3.05, 3.63) is 59.0 Å². The van der Waals surface area contributed by atoms with Crippen LogP contribution < -0.4 is 0 Å². The molecule has 3 aromatic heterocycles. The number of nitrogens with one attached hydrogen (secondary N) is 1. The number of aromatic nitrogens is 4. The van der Waals surface area contributed by atoms with E-state index in [1.807, 2.05) is 36.4 Å². The highest BCUT2D eigenvalue weighted by atomic mass is 32.2. The molecule has 0 fully saturated rings. The smallest absolute Gasteiger partial charge is 0.339 e. The molecule has 4 aromatic rings. The van der Waals surface area contributed by atoms with E-state index in [1.165, 1.54) is 24.3 Å². The zero-order chi connectivity index (χ0) is 16.5. The number of fused-ring (bicyclic) bond motifs is 1. The molecule has 0 amide bonds. The first-order chi connectivity index (χ1) is 11.7. The Morgan fingerprint density at radius 3 is 2.75 bits per heavy atom. The average Bonchev–Trinajstić information content (AvgIpc) is 3.23. The van der Waals surface area contributed by atoms with Crippen molar-refractivity contribution in [1.82, 2.24) is 19.9 Å². The fourth-order valence-corrected chi connectivity index (χ4v) is 4.00. The second-order valence-corrected chi connectivity index (χ2v) is 7.06. The Labute approximate surface area is 144 Å². The molecule has 0 unspecified atom stereocenters. The van der Waals surface area contributed by atoms with Crippen LogP contribution in [0.5, 0.6) is 0 Å². The van der Waals surface area contributed by atoms with E-state index in [9.17, 15) is 10.1 Å². The Morgan fingerprint density at radius 2 is 2.00 bits per heavy atom. The second kappa shape index (κ2) is 6.02. The van der Waals surface area contributed by atoms with E-state index < -0.39 is 4.92 Å². The SMILES string of the molecule is O=[N+]([O-])c1cnc(Sc2ncnc3[nH]c(-c4ccccc4)cc23)s1. The molecule has 4 rings (SSSR count). The van der Waals surface area contributed by atoms with Crippen molar-refractivity contribution in [2.75, 3.05) is 0 Å². The molecule has 118 valence electrons. The van der Waals surface area contributed by atoms with Gasteiger partial charge in [0.1, 0.15) is 23.2 Å². The van der Waals surface area contributed by atoms with Crippen LogP contribution in [0.4, 0.5) is 5.00 Å². The summed E-state index contributed by atoms with van der Waals surface area (Å²) < 4.78 is 0.573. The zero-order valence-corrected chi connectivity index (χ0v) is 13.7. The minimum absolute atomic E-state index is 0.0156. The molecule has 1 aromatic carbocycles. The molecule has 0 saturated carbocycles. The molecule has 1 N–H and O–H groups in total. The number of nitro groups is 1. The molecule has 0 aliphatic rings. The predicted molar refractivity (Wildman–Crippen MR) is 92.2 cm³/mol. The second-order valence-electron chi connectivity index (χ2n) is 4.81. The first-order valence-corrected chi connectivity index (χ1v) is 8.51. The van der Waals surface area contributed by atoms with Crippen LogP contribution in [-0.4, -0.2) is 24.9 Å². The van der Waals surface area contributed by atoms with Gasteiger partial charge >= 0.3 is 5.00 Å². The minimum Gasteiger partial charge on any atom is -0.339 e. The van der Waals surface area contributed by atoms with Gasteiger partial charge in [0.2, 0.25) is 0 Å². The molecule has 0 spiro atoms. The van der Waals surface area contributed by atoms with Gasteiger partial charge in [-0.2, -0.15) is 0 Å². The third-order valence-corrected chi connectivity index (χ3v) is 5.35. The maximum Gasteiger partial charge on any atom is 0.344 e. The molecule has 9 heteroatoms. The highest BCUT2D eigenvalue weighted by Crippen LogP contribution is 2.37. The number of thiazole rings is 1. The normalized spacial score (nSPS) is 11.0. The van der Waals surface area contributed by atoms with Crippen molar-refractivity contribution in [2.45, 2.75) is 9.37 Å². The van der Waals surface area contributed by atoms with Gasteiger partial charge < -0.3 is 4.98 Å². The van der Waals surface area contributed by atoms with Crippen molar-refractivity contribution in [3.63, 3.8) is 0 Å². The number of hydrogen-bond donors (Lipinski definition) is 1. The first kappa shape index (κ1) is 14.8. The third kappa shape index (κ3) is 2.74. The van der Waals surface area contributed by atoms with Gasteiger partial charge in [0, 0.05) is 5.69 Å². The lowest BCUT2D eigenvalue weighted by molar-refractivity contribution is -0.380. The van der Waals surface area contributed by atoms with E-state index in [0.29, 0.717) is 9.37 Å². The summed E-state index contributed by atoms with van der Waals surface area (Å²) in [7, 11) is 0. The van der Waals surface area contributed by atoms with Crippen LogP contribution in [0.3, 0.4) is 0 Å².